The first-order chi connectivity index (χ1) is 4.50. The fourth-order valence-electron chi connectivity index (χ4n) is 0.155. The van der Waals surface area contributed by atoms with Crippen LogP contribution in [-0.2, 0) is 4.57 Å². The molecule has 68 valence electrons. The van der Waals surface area contributed by atoms with Crippen molar-refractivity contribution in [3.8, 4) is 0 Å². The summed E-state index contributed by atoms with van der Waals surface area (Å²) in [4.78, 5) is 18.6. The van der Waals surface area contributed by atoms with E-state index in [-0.39, 0.29) is 103 Å². The Bertz CT molecular complexity index is 198. The molecule has 0 aliphatic rings. The maximum absolute atomic E-state index is 11.4. The molecule has 0 aromatic carbocycles. The van der Waals surface area contributed by atoms with Crippen molar-refractivity contribution in [1.82, 2.24) is 0 Å². The van der Waals surface area contributed by atoms with Crippen molar-refractivity contribution >= 4 is 7.60 Å². The standard InChI is InChI=1S/C2H2F5O3P.2K/c3-1(4,5)2(6,7)11(8,9)10;;/h(H2,8,9,10);;/q;2*+1/p-2. The van der Waals surface area contributed by atoms with Crippen LogP contribution < -0.4 is 113 Å². The second-order valence-electron chi connectivity index (χ2n) is 1.54. The minimum Gasteiger partial charge on any atom is -0.806 e. The molecular weight excluding hydrogens is 276 g/mol. The SMILES string of the molecule is O=P([O-])([O-])C(F)(F)C(F)(F)F.[K+].[K+]. The van der Waals surface area contributed by atoms with Crippen LogP contribution in [0.3, 0.4) is 0 Å². The van der Waals surface area contributed by atoms with Gasteiger partial charge in [0, 0.05) is 7.60 Å². The minimum atomic E-state index is -6.95. The molecule has 0 aliphatic carbocycles. The minimum absolute atomic E-state index is 0. The first-order valence-electron chi connectivity index (χ1n) is 1.97. The summed E-state index contributed by atoms with van der Waals surface area (Å²) in [5.41, 5.74) is -6.18. The van der Waals surface area contributed by atoms with Crippen LogP contribution in [0.1, 0.15) is 0 Å². The van der Waals surface area contributed by atoms with Crippen molar-refractivity contribution in [3.05, 3.63) is 0 Å². The summed E-state index contributed by atoms with van der Waals surface area (Å²) in [6, 6.07) is 0. The molecule has 0 heterocycles. The molecule has 0 aliphatic heterocycles. The first-order valence-corrected chi connectivity index (χ1v) is 3.51. The topological polar surface area (TPSA) is 63.2 Å². The molecule has 0 aromatic heterocycles. The van der Waals surface area contributed by atoms with E-state index in [2.05, 4.69) is 0 Å². The van der Waals surface area contributed by atoms with E-state index in [0.29, 0.717) is 0 Å². The molecule has 3 nitrogen and oxygen atoms in total. The van der Waals surface area contributed by atoms with Gasteiger partial charge in [-0.2, -0.15) is 22.0 Å². The summed E-state index contributed by atoms with van der Waals surface area (Å²) >= 11 is 0. The van der Waals surface area contributed by atoms with E-state index in [9.17, 15) is 36.3 Å². The average molecular weight is 276 g/mol. The maximum atomic E-state index is 11.4. The molecule has 13 heavy (non-hydrogen) atoms. The van der Waals surface area contributed by atoms with Crippen molar-refractivity contribution in [1.29, 1.82) is 0 Å². The number of halogens is 5. The normalized spacial score (nSPS) is 12.8. The Labute approximate surface area is 155 Å². The maximum Gasteiger partial charge on any atom is 1.00 e. The Hall–Kier alpha value is 3.07. The van der Waals surface area contributed by atoms with Gasteiger partial charge in [0.15, 0.2) is 0 Å². The van der Waals surface area contributed by atoms with E-state index >= 15 is 0 Å². The van der Waals surface area contributed by atoms with Crippen LogP contribution in [0.2, 0.25) is 0 Å². The third-order valence-electron chi connectivity index (χ3n) is 0.685. The zero-order chi connectivity index (χ0) is 9.50. The molecule has 11 heteroatoms. The predicted octanol–water partition coefficient (Wildman–Crippen LogP) is -5.94. The smallest absolute Gasteiger partial charge is 0.806 e. The molecule has 0 atom stereocenters. The van der Waals surface area contributed by atoms with Gasteiger partial charge in [-0.1, -0.05) is 0 Å². The molecule has 0 rings (SSSR count). The van der Waals surface area contributed by atoms with E-state index in [0.717, 1.165) is 0 Å². The fraction of sp³-hybridized carbons (Fsp3) is 1.00. The van der Waals surface area contributed by atoms with Crippen molar-refractivity contribution in [3.63, 3.8) is 0 Å². The van der Waals surface area contributed by atoms with E-state index in [1.54, 1.807) is 0 Å². The molecule has 0 saturated carbocycles. The molecule has 0 N–H and O–H groups in total. The third kappa shape index (κ3) is 5.80. The van der Waals surface area contributed by atoms with Gasteiger partial charge in [0.1, 0.15) is 0 Å². The van der Waals surface area contributed by atoms with Crippen LogP contribution in [0.25, 0.3) is 0 Å². The second kappa shape index (κ2) is 6.72. The molecule has 0 bridgehead atoms. The average Bonchev–Trinajstić information content (AvgIpc) is 1.58. The zero-order valence-corrected chi connectivity index (χ0v) is 13.7. The second-order valence-corrected chi connectivity index (χ2v) is 3.09. The Morgan fingerprint density at radius 1 is 0.923 bits per heavy atom. The monoisotopic (exact) mass is 276 g/mol. The van der Waals surface area contributed by atoms with Crippen molar-refractivity contribution in [2.24, 2.45) is 0 Å². The third-order valence-corrected chi connectivity index (χ3v) is 1.63. The molecule has 0 unspecified atom stereocenters. The molecule has 0 fully saturated rings. The Kier molecular flexibility index (Phi) is 11.0. The van der Waals surface area contributed by atoms with Gasteiger partial charge in [0.05, 0.1) is 0 Å². The summed E-state index contributed by atoms with van der Waals surface area (Å²) < 4.78 is 65.2. The van der Waals surface area contributed by atoms with Gasteiger partial charge >= 0.3 is 115 Å². The van der Waals surface area contributed by atoms with E-state index in [1.165, 1.54) is 0 Å². The Morgan fingerprint density at radius 2 is 1.15 bits per heavy atom. The van der Waals surface area contributed by atoms with Crippen molar-refractivity contribution < 1.29 is 139 Å². The van der Waals surface area contributed by atoms with Crippen molar-refractivity contribution in [2.75, 3.05) is 0 Å². The Morgan fingerprint density at radius 3 is 1.15 bits per heavy atom. The number of rotatable bonds is 1. The van der Waals surface area contributed by atoms with E-state index in [1.807, 2.05) is 0 Å². The number of hydrogen-bond acceptors (Lipinski definition) is 3. The zero-order valence-electron chi connectivity index (χ0n) is 6.56. The summed E-state index contributed by atoms with van der Waals surface area (Å²) in [5, 5.41) is 0. The van der Waals surface area contributed by atoms with Gasteiger partial charge in [0.2, 0.25) is 0 Å². The molecule has 0 radical (unpaired) electrons. The summed E-state index contributed by atoms with van der Waals surface area (Å²) in [7, 11) is -6.95. The fourth-order valence-corrected chi connectivity index (χ4v) is 0.466. The molecule has 0 spiro atoms. The van der Waals surface area contributed by atoms with Crippen LogP contribution in [0.15, 0.2) is 0 Å². The van der Waals surface area contributed by atoms with E-state index < -0.39 is 19.4 Å². The van der Waals surface area contributed by atoms with Gasteiger partial charge < -0.3 is 14.4 Å². The molecule has 0 saturated heterocycles. The summed E-state index contributed by atoms with van der Waals surface area (Å²) in [5.74, 6) is 0. The predicted molar refractivity (Wildman–Crippen MR) is 18.6 cm³/mol. The summed E-state index contributed by atoms with van der Waals surface area (Å²) in [6.45, 7) is 0. The van der Waals surface area contributed by atoms with E-state index in [4.69, 9.17) is 0 Å². The van der Waals surface area contributed by atoms with Crippen LogP contribution >= 0.6 is 7.60 Å². The van der Waals surface area contributed by atoms with Gasteiger partial charge in [-0.3, -0.25) is 0 Å². The number of alkyl halides is 5. The van der Waals surface area contributed by atoms with Crippen LogP contribution in [0.4, 0.5) is 22.0 Å². The van der Waals surface area contributed by atoms with Crippen LogP contribution in [-0.4, -0.2) is 11.8 Å². The molecule has 0 aromatic rings. The summed E-state index contributed by atoms with van der Waals surface area (Å²) in [6.07, 6.45) is -6.34. The van der Waals surface area contributed by atoms with Crippen molar-refractivity contribution in [2.45, 2.75) is 11.8 Å². The largest absolute Gasteiger partial charge is 1.00 e. The van der Waals surface area contributed by atoms with Gasteiger partial charge in [-0.05, 0) is 0 Å². The van der Waals surface area contributed by atoms with Gasteiger partial charge in [-0.25, -0.2) is 0 Å². The first kappa shape index (κ1) is 21.4. The quantitative estimate of drug-likeness (QED) is 0.272. The van der Waals surface area contributed by atoms with Crippen LogP contribution in [0.5, 0.6) is 0 Å². The van der Waals surface area contributed by atoms with Gasteiger partial charge in [-0.15, -0.1) is 0 Å². The molecular formula is C2F5K2O3P. The molecule has 0 amide bonds. The van der Waals surface area contributed by atoms with Gasteiger partial charge in [0.25, 0.3) is 0 Å². The number of hydrogen-bond donors (Lipinski definition) is 0. The van der Waals surface area contributed by atoms with Crippen LogP contribution in [0, 0.1) is 0 Å². The Balaban J connectivity index is -0.000000500.